The van der Waals surface area contributed by atoms with Gasteiger partial charge in [0, 0.05) is 6.54 Å². The molecule has 0 unspecified atom stereocenters. The van der Waals surface area contributed by atoms with Crippen molar-refractivity contribution in [1.29, 1.82) is 0 Å². The molecule has 7 nitrogen and oxygen atoms in total. The van der Waals surface area contributed by atoms with E-state index in [2.05, 4.69) is 20.0 Å². The van der Waals surface area contributed by atoms with Crippen LogP contribution in [0.1, 0.15) is 21.0 Å². The average molecular weight is 281 g/mol. The van der Waals surface area contributed by atoms with Crippen LogP contribution in [0.4, 0.5) is 13.2 Å². The van der Waals surface area contributed by atoms with Crippen molar-refractivity contribution >= 4 is 11.9 Å². The van der Waals surface area contributed by atoms with Gasteiger partial charge in [0.2, 0.25) is 0 Å². The Morgan fingerprint density at radius 1 is 1.47 bits per heavy atom. The summed E-state index contributed by atoms with van der Waals surface area (Å²) in [5.74, 6) is -2.18. The van der Waals surface area contributed by atoms with Crippen LogP contribution in [0.15, 0.2) is 6.33 Å². The second-order valence-electron chi connectivity index (χ2n) is 3.35. The number of carbonyl (C=O) groups is 2. The zero-order valence-corrected chi connectivity index (χ0v) is 9.45. The van der Waals surface area contributed by atoms with Crippen LogP contribution in [0, 0.1) is 0 Å². The van der Waals surface area contributed by atoms with E-state index in [-0.39, 0.29) is 18.8 Å². The van der Waals surface area contributed by atoms with E-state index < -0.39 is 30.4 Å². The molecule has 1 heterocycles. The number of rotatable bonds is 6. The Morgan fingerprint density at radius 2 is 2.16 bits per heavy atom. The summed E-state index contributed by atoms with van der Waals surface area (Å²) in [7, 11) is 0. The highest BCUT2D eigenvalue weighted by Crippen LogP contribution is 2.13. The quantitative estimate of drug-likeness (QED) is 0.655. The van der Waals surface area contributed by atoms with Gasteiger partial charge in [-0.3, -0.25) is 4.79 Å². The van der Waals surface area contributed by atoms with Crippen LogP contribution < -0.4 is 5.32 Å². The van der Waals surface area contributed by atoms with Crippen molar-refractivity contribution in [3.63, 3.8) is 0 Å². The molecular weight excluding hydrogens is 271 g/mol. The molecular formula is C9H10F3N3O4. The summed E-state index contributed by atoms with van der Waals surface area (Å²) < 4.78 is 39.4. The van der Waals surface area contributed by atoms with Crippen molar-refractivity contribution in [3.8, 4) is 0 Å². The van der Waals surface area contributed by atoms with E-state index in [4.69, 9.17) is 5.11 Å². The van der Waals surface area contributed by atoms with Gasteiger partial charge in [0.15, 0.2) is 11.4 Å². The van der Waals surface area contributed by atoms with E-state index in [1.54, 1.807) is 0 Å². The highest BCUT2D eigenvalue weighted by Gasteiger charge is 2.27. The number of hydrogen-bond acceptors (Lipinski definition) is 4. The third-order valence-corrected chi connectivity index (χ3v) is 1.87. The van der Waals surface area contributed by atoms with Crippen LogP contribution in [-0.4, -0.2) is 52.9 Å². The summed E-state index contributed by atoms with van der Waals surface area (Å²) in [4.78, 5) is 27.9. The molecule has 1 aromatic heterocycles. The minimum Gasteiger partial charge on any atom is -0.477 e. The number of aromatic amines is 1. The van der Waals surface area contributed by atoms with Gasteiger partial charge < -0.3 is 20.1 Å². The number of nitrogens with zero attached hydrogens (tertiary/aromatic N) is 1. The lowest BCUT2D eigenvalue weighted by Crippen LogP contribution is -2.30. The molecule has 0 bridgehead atoms. The van der Waals surface area contributed by atoms with Crippen molar-refractivity contribution in [2.24, 2.45) is 0 Å². The van der Waals surface area contributed by atoms with Crippen LogP contribution in [0.5, 0.6) is 0 Å². The number of carboxylic acids is 1. The van der Waals surface area contributed by atoms with E-state index in [1.165, 1.54) is 0 Å². The van der Waals surface area contributed by atoms with Gasteiger partial charge in [-0.1, -0.05) is 0 Å². The zero-order valence-electron chi connectivity index (χ0n) is 9.45. The standard InChI is InChI=1S/C9H10F3N3O4/c10-9(11,12)3-19-2-1-13-7(16)5-6(8(17)18)15-4-14-5/h4H,1-3H2,(H,13,16)(H,14,15)(H,17,18). The molecule has 1 amide bonds. The van der Waals surface area contributed by atoms with E-state index >= 15 is 0 Å². The smallest absolute Gasteiger partial charge is 0.411 e. The molecule has 10 heteroatoms. The Bertz CT molecular complexity index is 458. The Labute approximate surface area is 104 Å². The van der Waals surface area contributed by atoms with E-state index in [0.29, 0.717) is 0 Å². The van der Waals surface area contributed by atoms with Crippen LogP contribution in [0.2, 0.25) is 0 Å². The molecule has 0 saturated carbocycles. The molecule has 19 heavy (non-hydrogen) atoms. The Balaban J connectivity index is 2.36. The molecule has 0 aliphatic carbocycles. The topological polar surface area (TPSA) is 104 Å². The van der Waals surface area contributed by atoms with Crippen molar-refractivity contribution in [2.45, 2.75) is 6.18 Å². The number of carboxylic acid groups (broad SMARTS) is 1. The summed E-state index contributed by atoms with van der Waals surface area (Å²) in [6.07, 6.45) is -3.40. The first-order valence-electron chi connectivity index (χ1n) is 5.00. The molecule has 0 fully saturated rings. The number of aromatic carboxylic acids is 1. The number of hydrogen-bond donors (Lipinski definition) is 3. The van der Waals surface area contributed by atoms with Gasteiger partial charge in [-0.25, -0.2) is 9.78 Å². The first kappa shape index (κ1) is 15.0. The zero-order chi connectivity index (χ0) is 14.5. The van der Waals surface area contributed by atoms with Gasteiger partial charge in [-0.05, 0) is 0 Å². The second kappa shape index (κ2) is 6.18. The Morgan fingerprint density at radius 3 is 2.74 bits per heavy atom. The summed E-state index contributed by atoms with van der Waals surface area (Å²) >= 11 is 0. The third-order valence-electron chi connectivity index (χ3n) is 1.87. The summed E-state index contributed by atoms with van der Waals surface area (Å²) in [6, 6.07) is 0. The molecule has 0 radical (unpaired) electrons. The van der Waals surface area contributed by atoms with E-state index in [1.807, 2.05) is 0 Å². The highest BCUT2D eigenvalue weighted by atomic mass is 19.4. The fourth-order valence-corrected chi connectivity index (χ4v) is 1.14. The molecule has 1 rings (SSSR count). The van der Waals surface area contributed by atoms with Crippen molar-refractivity contribution < 1.29 is 32.6 Å². The first-order chi connectivity index (χ1) is 8.81. The number of amides is 1. The van der Waals surface area contributed by atoms with Gasteiger partial charge in [0.1, 0.15) is 6.61 Å². The monoisotopic (exact) mass is 281 g/mol. The minimum absolute atomic E-state index is 0.194. The van der Waals surface area contributed by atoms with Crippen LogP contribution >= 0.6 is 0 Å². The Hall–Kier alpha value is -2.10. The number of aromatic nitrogens is 2. The molecule has 1 aromatic rings. The molecule has 0 saturated heterocycles. The number of H-pyrrole nitrogens is 1. The molecule has 0 aliphatic rings. The van der Waals surface area contributed by atoms with Gasteiger partial charge in [-0.15, -0.1) is 0 Å². The fraction of sp³-hybridized carbons (Fsp3) is 0.444. The fourth-order valence-electron chi connectivity index (χ4n) is 1.14. The summed E-state index contributed by atoms with van der Waals surface area (Å²) in [5.41, 5.74) is -0.739. The first-order valence-corrected chi connectivity index (χ1v) is 5.00. The van der Waals surface area contributed by atoms with Gasteiger partial charge in [0.05, 0.1) is 12.9 Å². The normalized spacial score (nSPS) is 11.3. The number of ether oxygens (including phenoxy) is 1. The minimum atomic E-state index is -4.43. The molecule has 3 N–H and O–H groups in total. The number of nitrogens with one attached hydrogen (secondary N) is 2. The lowest BCUT2D eigenvalue weighted by Gasteiger charge is -2.08. The lowest BCUT2D eigenvalue weighted by molar-refractivity contribution is -0.173. The van der Waals surface area contributed by atoms with Gasteiger partial charge in [0.25, 0.3) is 5.91 Å². The number of halogens is 3. The number of alkyl halides is 3. The predicted molar refractivity (Wildman–Crippen MR) is 54.8 cm³/mol. The maximum absolute atomic E-state index is 11.7. The van der Waals surface area contributed by atoms with Crippen LogP contribution in [0.25, 0.3) is 0 Å². The van der Waals surface area contributed by atoms with Crippen LogP contribution in [-0.2, 0) is 4.74 Å². The summed E-state index contributed by atoms with van der Waals surface area (Å²) in [5, 5.41) is 10.9. The predicted octanol–water partition coefficient (Wildman–Crippen LogP) is 0.417. The third kappa shape index (κ3) is 4.95. The lowest BCUT2D eigenvalue weighted by atomic mass is 10.3. The summed E-state index contributed by atoms with van der Waals surface area (Å²) in [6.45, 7) is -1.95. The SMILES string of the molecule is O=C(NCCOCC(F)(F)F)c1nc[nH]c1C(=O)O. The van der Waals surface area contributed by atoms with Crippen molar-refractivity contribution in [3.05, 3.63) is 17.7 Å². The second-order valence-corrected chi connectivity index (χ2v) is 3.35. The van der Waals surface area contributed by atoms with E-state index in [0.717, 1.165) is 6.33 Å². The van der Waals surface area contributed by atoms with Crippen molar-refractivity contribution in [2.75, 3.05) is 19.8 Å². The highest BCUT2D eigenvalue weighted by molar-refractivity contribution is 6.02. The maximum Gasteiger partial charge on any atom is 0.411 e. The molecule has 0 spiro atoms. The number of imidazole rings is 1. The van der Waals surface area contributed by atoms with Gasteiger partial charge >= 0.3 is 12.1 Å². The Kier molecular flexibility index (Phi) is 4.87. The van der Waals surface area contributed by atoms with E-state index in [9.17, 15) is 22.8 Å². The van der Waals surface area contributed by atoms with Gasteiger partial charge in [-0.2, -0.15) is 13.2 Å². The largest absolute Gasteiger partial charge is 0.477 e. The molecule has 0 aromatic carbocycles. The van der Waals surface area contributed by atoms with Crippen molar-refractivity contribution in [1.82, 2.24) is 15.3 Å². The maximum atomic E-state index is 11.7. The molecule has 0 atom stereocenters. The average Bonchev–Trinajstić information content (AvgIpc) is 2.75. The molecule has 0 aliphatic heterocycles. The molecule has 106 valence electrons. The number of carbonyl (C=O) groups excluding carboxylic acids is 1. The van der Waals surface area contributed by atoms with Crippen LogP contribution in [0.3, 0.4) is 0 Å².